The highest BCUT2D eigenvalue weighted by Crippen LogP contribution is 2.30. The average Bonchev–Trinajstić information content (AvgIpc) is 3.35. The molecule has 41 heavy (non-hydrogen) atoms. The number of anilines is 2. The molecule has 4 N–H and O–H groups in total. The number of hydrogen-bond donors (Lipinski definition) is 4. The number of carbonyl (C=O) groups is 1. The van der Waals surface area contributed by atoms with Crippen LogP contribution in [0.3, 0.4) is 0 Å². The van der Waals surface area contributed by atoms with Gasteiger partial charge in [-0.25, -0.2) is 9.78 Å². The highest BCUT2D eigenvalue weighted by atomic mass is 35.5. The fraction of sp³-hybridized carbons (Fsp3) is 0.367. The second kappa shape index (κ2) is 11.5. The van der Waals surface area contributed by atoms with Crippen LogP contribution in [0.25, 0.3) is 22.4 Å². The summed E-state index contributed by atoms with van der Waals surface area (Å²) < 4.78 is 5.52. The van der Waals surface area contributed by atoms with Gasteiger partial charge in [0.2, 0.25) is 0 Å². The quantitative estimate of drug-likeness (QED) is 0.251. The Hall–Kier alpha value is -4.02. The summed E-state index contributed by atoms with van der Waals surface area (Å²) in [6.07, 6.45) is 0.444. The number of halogens is 1. The molecule has 11 heteroatoms. The molecule has 1 aliphatic heterocycles. The van der Waals surface area contributed by atoms with Crippen LogP contribution in [0.2, 0.25) is 5.02 Å². The van der Waals surface area contributed by atoms with Crippen molar-refractivity contribution >= 4 is 40.1 Å². The number of fused-ring (bicyclic) bond motifs is 1. The fourth-order valence-corrected chi connectivity index (χ4v) is 5.14. The van der Waals surface area contributed by atoms with Crippen molar-refractivity contribution in [1.29, 1.82) is 0 Å². The van der Waals surface area contributed by atoms with Gasteiger partial charge in [0.25, 0.3) is 5.56 Å². The number of piperazine rings is 1. The van der Waals surface area contributed by atoms with E-state index in [2.05, 4.69) is 26.3 Å². The molecule has 5 rings (SSSR count). The molecule has 1 saturated heterocycles. The van der Waals surface area contributed by atoms with Crippen LogP contribution in [0.1, 0.15) is 38.0 Å². The number of aryl methyl sites for hydroxylation is 1. The van der Waals surface area contributed by atoms with Crippen LogP contribution in [0.15, 0.2) is 53.5 Å². The van der Waals surface area contributed by atoms with Gasteiger partial charge in [-0.05, 0) is 69.2 Å². The summed E-state index contributed by atoms with van der Waals surface area (Å²) in [5.41, 5.74) is 4.30. The zero-order chi connectivity index (χ0) is 29.3. The number of benzene rings is 2. The van der Waals surface area contributed by atoms with Crippen molar-refractivity contribution < 1.29 is 14.6 Å². The van der Waals surface area contributed by atoms with Crippen LogP contribution in [0.4, 0.5) is 16.2 Å². The van der Waals surface area contributed by atoms with E-state index in [-0.39, 0.29) is 18.2 Å². The molecule has 0 radical (unpaired) electrons. The second-order valence-corrected chi connectivity index (χ2v) is 11.7. The number of rotatable bonds is 6. The number of amides is 1. The maximum atomic E-state index is 13.0. The Bertz CT molecular complexity index is 1620. The van der Waals surface area contributed by atoms with Gasteiger partial charge < -0.3 is 34.9 Å². The number of H-pyrrole nitrogens is 2. The second-order valence-electron chi connectivity index (χ2n) is 11.2. The van der Waals surface area contributed by atoms with Crippen LogP contribution in [-0.4, -0.2) is 69.4 Å². The van der Waals surface area contributed by atoms with Crippen LogP contribution in [0.5, 0.6) is 0 Å². The van der Waals surface area contributed by atoms with Gasteiger partial charge >= 0.3 is 6.09 Å². The number of ether oxygens (including phenoxy) is 1. The summed E-state index contributed by atoms with van der Waals surface area (Å²) in [6.45, 7) is 10.2. The maximum absolute atomic E-state index is 13.0. The number of nitrogens with zero attached hydrogens (tertiary/aromatic N) is 3. The molecule has 0 unspecified atom stereocenters. The predicted molar refractivity (Wildman–Crippen MR) is 162 cm³/mol. The molecule has 0 aliphatic carbocycles. The topological polar surface area (TPSA) is 127 Å². The molecule has 0 saturated carbocycles. The summed E-state index contributed by atoms with van der Waals surface area (Å²) in [5, 5.41) is 14.4. The average molecular weight is 579 g/mol. The third-order valence-corrected chi connectivity index (χ3v) is 7.21. The molecule has 0 bridgehead atoms. The summed E-state index contributed by atoms with van der Waals surface area (Å²) in [5.74, 6) is 0.427. The summed E-state index contributed by atoms with van der Waals surface area (Å²) >= 11 is 6.07. The summed E-state index contributed by atoms with van der Waals surface area (Å²) in [6, 6.07) is 12.9. The first-order chi connectivity index (χ1) is 19.5. The molecule has 3 heterocycles. The van der Waals surface area contributed by atoms with E-state index in [1.807, 2.05) is 33.8 Å². The number of aliphatic hydroxyl groups excluding tert-OH is 1. The molecule has 4 aromatic rings. The van der Waals surface area contributed by atoms with Gasteiger partial charge in [-0.2, -0.15) is 0 Å². The van der Waals surface area contributed by atoms with Crippen molar-refractivity contribution in [2.75, 3.05) is 42.9 Å². The number of aliphatic hydroxyl groups is 1. The number of pyridine rings is 1. The van der Waals surface area contributed by atoms with Gasteiger partial charge in [-0.3, -0.25) is 4.79 Å². The largest absolute Gasteiger partial charge is 0.444 e. The number of carbonyl (C=O) groups excluding carboxylic acids is 1. The molecule has 10 nitrogen and oxygen atoms in total. The van der Waals surface area contributed by atoms with Gasteiger partial charge in [0.05, 0.1) is 22.8 Å². The predicted octanol–water partition coefficient (Wildman–Crippen LogP) is 5.08. The molecular formula is C30H35ClN6O4. The molecule has 0 spiro atoms. The van der Waals surface area contributed by atoms with Crippen LogP contribution in [0, 0.1) is 6.92 Å². The highest BCUT2D eigenvalue weighted by Gasteiger charge is 2.26. The van der Waals surface area contributed by atoms with E-state index in [0.29, 0.717) is 53.8 Å². The minimum absolute atomic E-state index is 0.176. The van der Waals surface area contributed by atoms with Gasteiger partial charge in [-0.1, -0.05) is 23.7 Å². The lowest BCUT2D eigenvalue weighted by atomic mass is 10.1. The first kappa shape index (κ1) is 28.5. The Morgan fingerprint density at radius 2 is 1.93 bits per heavy atom. The minimum atomic E-state index is -0.822. The van der Waals surface area contributed by atoms with Crippen molar-refractivity contribution in [1.82, 2.24) is 19.9 Å². The van der Waals surface area contributed by atoms with Gasteiger partial charge in [-0.15, -0.1) is 0 Å². The molecule has 1 amide bonds. The van der Waals surface area contributed by atoms with Crippen LogP contribution < -0.4 is 15.8 Å². The van der Waals surface area contributed by atoms with Crippen LogP contribution in [-0.2, 0) is 4.74 Å². The van der Waals surface area contributed by atoms with E-state index in [1.165, 1.54) is 0 Å². The van der Waals surface area contributed by atoms with E-state index < -0.39 is 11.7 Å². The third kappa shape index (κ3) is 6.49. The Morgan fingerprint density at radius 3 is 2.63 bits per heavy atom. The number of aromatic amines is 2. The van der Waals surface area contributed by atoms with Crippen molar-refractivity contribution in [3.05, 3.63) is 75.2 Å². The standard InChI is InChI=1S/C30H35ClN6O4/c1-18-14-21(36-10-12-37(13-11-36)29(40)41-30(2,3)4)16-23-26(18)35-27(34-23)25-22(8-9-32-28(25)39)33-17-24(38)19-6-5-7-20(31)15-19/h5-9,14-16,24,38H,10-13,17H2,1-4H3,(H,34,35)(H2,32,33,39)/t24-/m1/s1. The first-order valence-electron chi connectivity index (χ1n) is 13.6. The highest BCUT2D eigenvalue weighted by molar-refractivity contribution is 6.30. The molecule has 1 aliphatic rings. The van der Waals surface area contributed by atoms with Crippen molar-refractivity contribution in [3.8, 4) is 11.4 Å². The van der Waals surface area contributed by atoms with Crippen molar-refractivity contribution in [2.24, 2.45) is 0 Å². The molecule has 1 atom stereocenters. The molecule has 216 valence electrons. The van der Waals surface area contributed by atoms with Crippen molar-refractivity contribution in [2.45, 2.75) is 39.4 Å². The van der Waals surface area contributed by atoms with Gasteiger partial charge in [0.15, 0.2) is 0 Å². The number of aromatic nitrogens is 3. The van der Waals surface area contributed by atoms with E-state index >= 15 is 0 Å². The smallest absolute Gasteiger partial charge is 0.410 e. The van der Waals surface area contributed by atoms with Crippen LogP contribution >= 0.6 is 11.6 Å². The van der Waals surface area contributed by atoms with E-state index in [9.17, 15) is 14.7 Å². The molecule has 1 fully saturated rings. The van der Waals surface area contributed by atoms with E-state index in [1.54, 1.807) is 41.4 Å². The fourth-order valence-electron chi connectivity index (χ4n) is 4.95. The lowest BCUT2D eigenvalue weighted by Crippen LogP contribution is -2.50. The lowest BCUT2D eigenvalue weighted by molar-refractivity contribution is 0.0240. The molecular weight excluding hydrogens is 544 g/mol. The number of imidazole rings is 1. The molecule has 2 aromatic carbocycles. The Morgan fingerprint density at radius 1 is 1.17 bits per heavy atom. The zero-order valence-electron chi connectivity index (χ0n) is 23.6. The van der Waals surface area contributed by atoms with Crippen molar-refractivity contribution in [3.63, 3.8) is 0 Å². The Balaban J connectivity index is 1.35. The number of nitrogens with one attached hydrogen (secondary N) is 3. The summed E-state index contributed by atoms with van der Waals surface area (Å²) in [4.78, 5) is 40.2. The first-order valence-corrected chi connectivity index (χ1v) is 14.0. The Kier molecular flexibility index (Phi) is 7.97. The Labute approximate surface area is 243 Å². The molecule has 2 aromatic heterocycles. The monoisotopic (exact) mass is 578 g/mol. The minimum Gasteiger partial charge on any atom is -0.444 e. The normalized spacial score (nSPS) is 14.8. The van der Waals surface area contributed by atoms with E-state index in [4.69, 9.17) is 21.3 Å². The number of hydrogen-bond acceptors (Lipinski definition) is 7. The lowest BCUT2D eigenvalue weighted by Gasteiger charge is -2.36. The zero-order valence-corrected chi connectivity index (χ0v) is 24.4. The SMILES string of the molecule is Cc1cc(N2CCN(C(=O)OC(C)(C)C)CC2)cc2[nH]c(-c3c(NC[C@@H](O)c4cccc(Cl)c4)cc[nH]c3=O)nc12. The summed E-state index contributed by atoms with van der Waals surface area (Å²) in [7, 11) is 0. The van der Waals surface area contributed by atoms with Gasteiger partial charge in [0, 0.05) is 49.6 Å². The van der Waals surface area contributed by atoms with Gasteiger partial charge in [0.1, 0.15) is 17.0 Å². The third-order valence-electron chi connectivity index (χ3n) is 6.98. The maximum Gasteiger partial charge on any atom is 0.410 e. The van der Waals surface area contributed by atoms with E-state index in [0.717, 1.165) is 22.3 Å².